The van der Waals surface area contributed by atoms with E-state index < -0.39 is 12.0 Å². The van der Waals surface area contributed by atoms with Gasteiger partial charge in [0.25, 0.3) is 0 Å². The molecule has 0 unspecified atom stereocenters. The standard InChI is InChI=1S/C26H19Cl3N4O3/c1-35-25(34)22-23(15-5-9-17(27)10-6-15)32-26-30-14-31-33(26)24(22)16-7-11-18(12-8-16)36-13-19-20(28)3-2-4-21(19)29/h2-12,14,24H,13H2,1H3,(H,30,31,32)/t24-/m0/s1. The Bertz CT molecular complexity index is 1430. The lowest BCUT2D eigenvalue weighted by atomic mass is 9.93. The van der Waals surface area contributed by atoms with Gasteiger partial charge in [-0.2, -0.15) is 10.1 Å². The van der Waals surface area contributed by atoms with E-state index in [9.17, 15) is 4.79 Å². The van der Waals surface area contributed by atoms with Crippen LogP contribution in [-0.2, 0) is 16.1 Å². The Labute approximate surface area is 222 Å². The molecule has 0 fully saturated rings. The van der Waals surface area contributed by atoms with E-state index in [0.717, 1.165) is 11.1 Å². The zero-order valence-corrected chi connectivity index (χ0v) is 21.2. The van der Waals surface area contributed by atoms with Crippen molar-refractivity contribution >= 4 is 52.4 Å². The van der Waals surface area contributed by atoms with E-state index in [-0.39, 0.29) is 6.61 Å². The van der Waals surface area contributed by atoms with Gasteiger partial charge in [0.1, 0.15) is 24.7 Å². The number of ether oxygens (including phenoxy) is 2. The van der Waals surface area contributed by atoms with Crippen molar-refractivity contribution in [3.05, 3.63) is 110 Å². The number of nitrogens with one attached hydrogen (secondary N) is 1. The fourth-order valence-corrected chi connectivity index (χ4v) is 4.65. The molecule has 0 aliphatic carbocycles. The van der Waals surface area contributed by atoms with Crippen molar-refractivity contribution in [3.63, 3.8) is 0 Å². The Hall–Kier alpha value is -3.52. The molecular weight excluding hydrogens is 523 g/mol. The first-order valence-corrected chi connectivity index (χ1v) is 12.0. The minimum atomic E-state index is -0.589. The monoisotopic (exact) mass is 540 g/mol. The fraction of sp³-hybridized carbons (Fsp3) is 0.115. The van der Waals surface area contributed by atoms with E-state index in [2.05, 4.69) is 15.4 Å². The second-order valence-electron chi connectivity index (χ2n) is 7.90. The first kappa shape index (κ1) is 24.2. The lowest BCUT2D eigenvalue weighted by molar-refractivity contribution is -0.136. The highest BCUT2D eigenvalue weighted by atomic mass is 35.5. The summed E-state index contributed by atoms with van der Waals surface area (Å²) in [6, 6.07) is 19.3. The average molecular weight is 542 g/mol. The Morgan fingerprint density at radius 3 is 2.36 bits per heavy atom. The molecule has 2 heterocycles. The van der Waals surface area contributed by atoms with Gasteiger partial charge in [0.05, 0.1) is 18.4 Å². The Kier molecular flexibility index (Phi) is 6.87. The zero-order valence-electron chi connectivity index (χ0n) is 18.9. The molecule has 0 spiro atoms. The number of anilines is 1. The molecule has 1 aliphatic heterocycles. The van der Waals surface area contributed by atoms with Gasteiger partial charge in [-0.3, -0.25) is 0 Å². The van der Waals surface area contributed by atoms with E-state index in [4.69, 9.17) is 44.3 Å². The molecule has 0 saturated carbocycles. The highest BCUT2D eigenvalue weighted by Gasteiger charge is 2.36. The molecule has 0 bridgehead atoms. The molecule has 1 aromatic heterocycles. The molecule has 7 nitrogen and oxygen atoms in total. The number of benzene rings is 3. The molecule has 3 aromatic carbocycles. The van der Waals surface area contributed by atoms with Gasteiger partial charge >= 0.3 is 5.97 Å². The fourth-order valence-electron chi connectivity index (χ4n) is 4.01. The molecule has 4 aromatic rings. The molecule has 0 amide bonds. The second kappa shape index (κ2) is 10.2. The second-order valence-corrected chi connectivity index (χ2v) is 9.15. The minimum Gasteiger partial charge on any atom is -0.489 e. The lowest BCUT2D eigenvalue weighted by Gasteiger charge is -2.29. The molecule has 1 aliphatic rings. The highest BCUT2D eigenvalue weighted by molar-refractivity contribution is 6.36. The molecule has 10 heteroatoms. The third kappa shape index (κ3) is 4.65. The van der Waals surface area contributed by atoms with Crippen molar-refractivity contribution in [2.45, 2.75) is 12.6 Å². The van der Waals surface area contributed by atoms with Crippen LogP contribution in [0.1, 0.15) is 22.7 Å². The summed E-state index contributed by atoms with van der Waals surface area (Å²) in [5.74, 6) is 0.614. The van der Waals surface area contributed by atoms with Crippen LogP contribution in [0.3, 0.4) is 0 Å². The van der Waals surface area contributed by atoms with Gasteiger partial charge in [0, 0.05) is 20.6 Å². The average Bonchev–Trinajstić information content (AvgIpc) is 3.36. The third-order valence-electron chi connectivity index (χ3n) is 5.78. The number of aromatic nitrogens is 3. The number of halogens is 3. The first-order valence-electron chi connectivity index (χ1n) is 10.9. The quantitative estimate of drug-likeness (QED) is 0.284. The van der Waals surface area contributed by atoms with Crippen LogP contribution in [0.15, 0.2) is 78.6 Å². The van der Waals surface area contributed by atoms with Crippen LogP contribution >= 0.6 is 34.8 Å². The number of nitrogens with zero attached hydrogens (tertiary/aromatic N) is 3. The highest BCUT2D eigenvalue weighted by Crippen LogP contribution is 2.39. The van der Waals surface area contributed by atoms with E-state index in [1.807, 2.05) is 36.4 Å². The van der Waals surface area contributed by atoms with Crippen LogP contribution < -0.4 is 10.1 Å². The summed E-state index contributed by atoms with van der Waals surface area (Å²) >= 11 is 18.6. The number of hydrogen-bond acceptors (Lipinski definition) is 6. The van der Waals surface area contributed by atoms with Crippen LogP contribution in [0.25, 0.3) is 5.70 Å². The summed E-state index contributed by atoms with van der Waals surface area (Å²) in [5.41, 5.74) is 3.21. The van der Waals surface area contributed by atoms with Crippen molar-refractivity contribution < 1.29 is 14.3 Å². The number of methoxy groups -OCH3 is 1. The van der Waals surface area contributed by atoms with E-state index >= 15 is 0 Å². The van der Waals surface area contributed by atoms with Gasteiger partial charge in [0.2, 0.25) is 5.95 Å². The van der Waals surface area contributed by atoms with Crippen molar-refractivity contribution in [2.75, 3.05) is 12.4 Å². The molecule has 5 rings (SSSR count). The predicted octanol–water partition coefficient (Wildman–Crippen LogP) is 6.42. The normalized spacial score (nSPS) is 14.7. The molecule has 1 atom stereocenters. The maximum atomic E-state index is 13.1. The summed E-state index contributed by atoms with van der Waals surface area (Å²) in [6.07, 6.45) is 1.43. The van der Waals surface area contributed by atoms with Crippen molar-refractivity contribution in [1.82, 2.24) is 14.8 Å². The number of fused-ring (bicyclic) bond motifs is 1. The van der Waals surface area contributed by atoms with Gasteiger partial charge < -0.3 is 14.8 Å². The summed E-state index contributed by atoms with van der Waals surface area (Å²) in [7, 11) is 1.35. The van der Waals surface area contributed by atoms with E-state index in [1.165, 1.54) is 13.4 Å². The maximum Gasteiger partial charge on any atom is 0.338 e. The van der Waals surface area contributed by atoms with Gasteiger partial charge in [0.15, 0.2) is 0 Å². The van der Waals surface area contributed by atoms with Crippen LogP contribution in [0.2, 0.25) is 15.1 Å². The molecule has 182 valence electrons. The van der Waals surface area contributed by atoms with Crippen LogP contribution in [0.5, 0.6) is 5.75 Å². The van der Waals surface area contributed by atoms with Crippen molar-refractivity contribution in [1.29, 1.82) is 0 Å². The molecule has 36 heavy (non-hydrogen) atoms. The summed E-state index contributed by atoms with van der Waals surface area (Å²) in [4.78, 5) is 17.4. The first-order chi connectivity index (χ1) is 17.5. The Morgan fingerprint density at radius 1 is 1.00 bits per heavy atom. The molecular formula is C26H19Cl3N4O3. The largest absolute Gasteiger partial charge is 0.489 e. The van der Waals surface area contributed by atoms with E-state index in [0.29, 0.717) is 43.6 Å². The summed E-state index contributed by atoms with van der Waals surface area (Å²) in [5, 5.41) is 9.24. The van der Waals surface area contributed by atoms with Crippen LogP contribution in [-0.4, -0.2) is 27.8 Å². The van der Waals surface area contributed by atoms with Gasteiger partial charge in [-0.15, -0.1) is 0 Å². The third-order valence-corrected chi connectivity index (χ3v) is 6.74. The minimum absolute atomic E-state index is 0.215. The predicted molar refractivity (Wildman–Crippen MR) is 139 cm³/mol. The SMILES string of the molecule is COC(=O)C1=C(c2ccc(Cl)cc2)Nc2ncnn2[C@H]1c1ccc(OCc2c(Cl)cccc2Cl)cc1. The van der Waals surface area contributed by atoms with Gasteiger partial charge in [-0.05, 0) is 47.5 Å². The van der Waals surface area contributed by atoms with Gasteiger partial charge in [-0.25, -0.2) is 9.48 Å². The molecule has 0 saturated heterocycles. The Balaban J connectivity index is 1.51. The lowest BCUT2D eigenvalue weighted by Crippen LogP contribution is -2.29. The zero-order chi connectivity index (χ0) is 25.2. The molecule has 1 N–H and O–H groups in total. The van der Waals surface area contributed by atoms with E-state index in [1.54, 1.807) is 35.0 Å². The Morgan fingerprint density at radius 2 is 1.69 bits per heavy atom. The summed E-state index contributed by atoms with van der Waals surface area (Å²) in [6.45, 7) is 0.215. The van der Waals surface area contributed by atoms with Crippen LogP contribution in [0.4, 0.5) is 5.95 Å². The molecule has 0 radical (unpaired) electrons. The number of hydrogen-bond donors (Lipinski definition) is 1. The topological polar surface area (TPSA) is 78.3 Å². The van der Waals surface area contributed by atoms with Crippen molar-refractivity contribution in [3.8, 4) is 5.75 Å². The number of carbonyl (C=O) groups is 1. The smallest absolute Gasteiger partial charge is 0.338 e. The number of esters is 1. The van der Waals surface area contributed by atoms with Crippen molar-refractivity contribution in [2.24, 2.45) is 0 Å². The summed E-state index contributed by atoms with van der Waals surface area (Å²) < 4.78 is 12.7. The number of rotatable bonds is 6. The van der Waals surface area contributed by atoms with Crippen LogP contribution in [0, 0.1) is 0 Å². The number of carbonyl (C=O) groups excluding carboxylic acids is 1. The maximum absolute atomic E-state index is 13.1. The van der Waals surface area contributed by atoms with Gasteiger partial charge in [-0.1, -0.05) is 65.1 Å².